The average Bonchev–Trinajstić information content (AvgIpc) is 2.94. The van der Waals surface area contributed by atoms with E-state index in [4.69, 9.17) is 22.7 Å². The van der Waals surface area contributed by atoms with Gasteiger partial charge in [-0.3, -0.25) is 10.2 Å². The van der Waals surface area contributed by atoms with Crippen LogP contribution in [0.15, 0.2) is 39.2 Å². The van der Waals surface area contributed by atoms with Crippen LogP contribution >= 0.6 is 35.3 Å². The Morgan fingerprint density at radius 3 is 2.92 bits per heavy atom. The quantitative estimate of drug-likeness (QED) is 0.427. The van der Waals surface area contributed by atoms with E-state index in [2.05, 4.69) is 15.5 Å². The first-order chi connectivity index (χ1) is 11.6. The van der Waals surface area contributed by atoms with E-state index < -0.39 is 0 Å². The molecule has 1 aliphatic rings. The molecule has 0 saturated heterocycles. The van der Waals surface area contributed by atoms with Crippen LogP contribution in [0.4, 0.5) is 0 Å². The molecule has 0 saturated carbocycles. The van der Waals surface area contributed by atoms with Gasteiger partial charge in [0, 0.05) is 28.7 Å². The summed E-state index contributed by atoms with van der Waals surface area (Å²) in [7, 11) is 1.64. The fraction of sp³-hybridized carbons (Fsp3) is 0.267. The Labute approximate surface area is 152 Å². The molecule has 1 aliphatic heterocycles. The molecule has 0 amide bonds. The Hall–Kier alpha value is -1.84. The SMILES string of the molecule is COc1ccc(C2c3sc(=O)[nH]c3SCC2/C=N/NC(N)=S)cc1. The van der Waals surface area contributed by atoms with E-state index in [1.165, 1.54) is 11.3 Å². The molecule has 1 aromatic carbocycles. The van der Waals surface area contributed by atoms with E-state index in [1.54, 1.807) is 18.9 Å². The Morgan fingerprint density at radius 2 is 2.25 bits per heavy atom. The smallest absolute Gasteiger partial charge is 0.305 e. The van der Waals surface area contributed by atoms with Gasteiger partial charge < -0.3 is 15.5 Å². The summed E-state index contributed by atoms with van der Waals surface area (Å²) in [6.45, 7) is 0. The summed E-state index contributed by atoms with van der Waals surface area (Å²) in [4.78, 5) is 15.7. The van der Waals surface area contributed by atoms with E-state index in [0.29, 0.717) is 0 Å². The highest BCUT2D eigenvalue weighted by Gasteiger charge is 2.33. The van der Waals surface area contributed by atoms with Crippen molar-refractivity contribution in [2.24, 2.45) is 16.8 Å². The maximum atomic E-state index is 11.8. The lowest BCUT2D eigenvalue weighted by Gasteiger charge is -2.28. The lowest BCUT2D eigenvalue weighted by Crippen LogP contribution is -2.27. The number of methoxy groups -OCH3 is 1. The molecule has 3 rings (SSSR count). The Kier molecular flexibility index (Phi) is 5.22. The molecule has 0 fully saturated rings. The first kappa shape index (κ1) is 17.0. The Bertz CT molecular complexity index is 813. The number of ether oxygens (including phenoxy) is 1. The third-order valence-corrected chi connectivity index (χ3v) is 6.04. The number of H-pyrrole nitrogens is 1. The molecule has 2 aromatic rings. The number of fused-ring (bicyclic) bond motifs is 1. The van der Waals surface area contributed by atoms with Gasteiger partial charge in [-0.05, 0) is 29.9 Å². The number of nitrogens with two attached hydrogens (primary N) is 1. The van der Waals surface area contributed by atoms with Crippen LogP contribution in [0.3, 0.4) is 0 Å². The van der Waals surface area contributed by atoms with E-state index in [1.807, 2.05) is 30.5 Å². The number of thiazole rings is 1. The predicted molar refractivity (Wildman–Crippen MR) is 102 cm³/mol. The van der Waals surface area contributed by atoms with E-state index in [-0.39, 0.29) is 21.8 Å². The summed E-state index contributed by atoms with van der Waals surface area (Å²) in [5.41, 5.74) is 9.11. The number of hydrogen-bond acceptors (Lipinski definition) is 6. The van der Waals surface area contributed by atoms with Crippen LogP contribution in [0.5, 0.6) is 5.75 Å². The van der Waals surface area contributed by atoms with Gasteiger partial charge >= 0.3 is 4.87 Å². The van der Waals surface area contributed by atoms with Gasteiger partial charge in [-0.2, -0.15) is 5.10 Å². The normalized spacial score (nSPS) is 19.9. The second kappa shape index (κ2) is 7.37. The topological polar surface area (TPSA) is 92.5 Å². The van der Waals surface area contributed by atoms with Crippen molar-refractivity contribution in [1.82, 2.24) is 10.4 Å². The molecule has 2 unspecified atom stereocenters. The molecule has 0 radical (unpaired) electrons. The van der Waals surface area contributed by atoms with Gasteiger partial charge in [-0.25, -0.2) is 0 Å². The molecule has 4 N–H and O–H groups in total. The van der Waals surface area contributed by atoms with Crippen molar-refractivity contribution >= 4 is 46.6 Å². The number of hydrogen-bond donors (Lipinski definition) is 3. The molecule has 126 valence electrons. The van der Waals surface area contributed by atoms with Crippen molar-refractivity contribution in [3.63, 3.8) is 0 Å². The highest BCUT2D eigenvalue weighted by Crippen LogP contribution is 2.44. The third kappa shape index (κ3) is 3.63. The lowest BCUT2D eigenvalue weighted by molar-refractivity contribution is 0.414. The number of thioether (sulfide) groups is 1. The van der Waals surface area contributed by atoms with Gasteiger partial charge in [0.15, 0.2) is 5.11 Å². The van der Waals surface area contributed by atoms with E-state index in [9.17, 15) is 4.79 Å². The zero-order valence-corrected chi connectivity index (χ0v) is 15.3. The van der Waals surface area contributed by atoms with Crippen LogP contribution in [0.1, 0.15) is 16.4 Å². The van der Waals surface area contributed by atoms with Crippen LogP contribution in [0, 0.1) is 5.92 Å². The summed E-state index contributed by atoms with van der Waals surface area (Å²) in [5.74, 6) is 1.77. The molecular weight excluding hydrogens is 364 g/mol. The number of rotatable bonds is 4. The fourth-order valence-corrected chi connectivity index (χ4v) is 5.07. The number of thiocarbonyl (C=S) groups is 1. The number of nitrogens with zero attached hydrogens (tertiary/aromatic N) is 1. The summed E-state index contributed by atoms with van der Waals surface area (Å²) in [6, 6.07) is 7.89. The number of aromatic nitrogens is 1. The number of nitrogens with one attached hydrogen (secondary N) is 2. The molecule has 0 aliphatic carbocycles. The number of hydrazone groups is 1. The summed E-state index contributed by atoms with van der Waals surface area (Å²) < 4.78 is 5.23. The maximum absolute atomic E-state index is 11.8. The molecule has 1 aromatic heterocycles. The molecule has 0 spiro atoms. The van der Waals surface area contributed by atoms with Gasteiger partial charge in [0.2, 0.25) is 0 Å². The van der Waals surface area contributed by atoms with Crippen molar-refractivity contribution in [1.29, 1.82) is 0 Å². The van der Waals surface area contributed by atoms with Gasteiger partial charge in [0.1, 0.15) is 5.75 Å². The van der Waals surface area contributed by atoms with Crippen molar-refractivity contribution in [3.05, 3.63) is 44.4 Å². The van der Waals surface area contributed by atoms with Gasteiger partial charge in [-0.15, -0.1) is 11.8 Å². The molecular formula is C15H16N4O2S3. The first-order valence-corrected chi connectivity index (χ1v) is 9.38. The first-order valence-electron chi connectivity index (χ1n) is 7.17. The highest BCUT2D eigenvalue weighted by molar-refractivity contribution is 7.99. The minimum atomic E-state index is -0.0372. The molecule has 0 bridgehead atoms. The van der Waals surface area contributed by atoms with Gasteiger partial charge in [0.25, 0.3) is 0 Å². The van der Waals surface area contributed by atoms with Crippen molar-refractivity contribution < 1.29 is 4.74 Å². The number of aromatic amines is 1. The van der Waals surface area contributed by atoms with Gasteiger partial charge in [-0.1, -0.05) is 23.5 Å². The summed E-state index contributed by atoms with van der Waals surface area (Å²) in [5, 5.41) is 5.19. The summed E-state index contributed by atoms with van der Waals surface area (Å²) >= 11 is 7.65. The minimum Gasteiger partial charge on any atom is -0.497 e. The van der Waals surface area contributed by atoms with Crippen LogP contribution in [0.2, 0.25) is 0 Å². The molecule has 6 nitrogen and oxygen atoms in total. The van der Waals surface area contributed by atoms with E-state index in [0.717, 1.165) is 27.0 Å². The molecule has 24 heavy (non-hydrogen) atoms. The van der Waals surface area contributed by atoms with Crippen LogP contribution in [0.25, 0.3) is 0 Å². The third-order valence-electron chi connectivity index (χ3n) is 3.69. The number of benzene rings is 1. The molecule has 2 atom stereocenters. The zero-order valence-electron chi connectivity index (χ0n) is 12.8. The van der Waals surface area contributed by atoms with E-state index >= 15 is 0 Å². The minimum absolute atomic E-state index is 0.0372. The van der Waals surface area contributed by atoms with Crippen LogP contribution in [-0.4, -0.2) is 29.2 Å². The van der Waals surface area contributed by atoms with Crippen molar-refractivity contribution in [3.8, 4) is 5.75 Å². The molecule has 9 heteroatoms. The lowest BCUT2D eigenvalue weighted by atomic mass is 9.86. The van der Waals surface area contributed by atoms with Gasteiger partial charge in [0.05, 0.1) is 12.1 Å². The zero-order chi connectivity index (χ0) is 17.1. The maximum Gasteiger partial charge on any atom is 0.305 e. The Morgan fingerprint density at radius 1 is 1.50 bits per heavy atom. The summed E-state index contributed by atoms with van der Waals surface area (Å²) in [6.07, 6.45) is 1.81. The predicted octanol–water partition coefficient (Wildman–Crippen LogP) is 2.12. The van der Waals surface area contributed by atoms with Crippen molar-refractivity contribution in [2.45, 2.75) is 10.9 Å². The fourth-order valence-electron chi connectivity index (χ4n) is 2.64. The monoisotopic (exact) mass is 380 g/mol. The average molecular weight is 381 g/mol. The Balaban J connectivity index is 1.97. The van der Waals surface area contributed by atoms with Crippen LogP contribution < -0.4 is 20.8 Å². The standard InChI is InChI=1S/C15H16N4O2S3/c1-21-10-4-2-8(3-5-10)11-9(6-17-19-14(16)22)7-23-13-12(11)24-15(20)18-13/h2-6,9,11H,7H2,1H3,(H,18,20)(H3,16,19,22)/b17-6+. The second-order valence-electron chi connectivity index (χ2n) is 5.19. The van der Waals surface area contributed by atoms with Crippen molar-refractivity contribution in [2.75, 3.05) is 12.9 Å². The van der Waals surface area contributed by atoms with Crippen LogP contribution in [-0.2, 0) is 0 Å². The second-order valence-corrected chi connectivity index (χ2v) is 7.67. The highest BCUT2D eigenvalue weighted by atomic mass is 32.2. The largest absolute Gasteiger partial charge is 0.497 e. The molecule has 2 heterocycles.